The highest BCUT2D eigenvalue weighted by Crippen LogP contribution is 2.54. The lowest BCUT2D eigenvalue weighted by Crippen LogP contribution is -2.23. The molecule has 180 valence electrons. The van der Waals surface area contributed by atoms with E-state index in [2.05, 4.69) is 97.6 Å². The summed E-state index contributed by atoms with van der Waals surface area (Å²) in [5.74, 6) is 0. The van der Waals surface area contributed by atoms with Gasteiger partial charge in [-0.15, -0.1) is 0 Å². The van der Waals surface area contributed by atoms with Crippen molar-refractivity contribution in [3.8, 4) is 23.3 Å². The van der Waals surface area contributed by atoms with E-state index in [1.807, 2.05) is 37.3 Å². The van der Waals surface area contributed by atoms with E-state index in [-0.39, 0.29) is 11.0 Å². The fourth-order valence-electron chi connectivity index (χ4n) is 5.81. The maximum atomic E-state index is 9.42. The summed E-state index contributed by atoms with van der Waals surface area (Å²) in [6.45, 7) is 6.38. The van der Waals surface area contributed by atoms with Crippen molar-refractivity contribution in [2.75, 3.05) is 4.90 Å². The predicted octanol–water partition coefficient (Wildman–Crippen LogP) is 9.06. The van der Waals surface area contributed by atoms with Crippen LogP contribution in [0.5, 0.6) is 0 Å². The van der Waals surface area contributed by atoms with Gasteiger partial charge in [-0.05, 0) is 95.6 Å². The van der Waals surface area contributed by atoms with Crippen LogP contribution in [0.3, 0.4) is 0 Å². The molecule has 0 unspecified atom stereocenters. The van der Waals surface area contributed by atoms with E-state index in [4.69, 9.17) is 0 Å². The number of fused-ring (bicyclic) bond motifs is 3. The SMILES string of the molecule is CCC1(CC)c2cc(C(C)=C(C#N)C#N)ccc2-c2ccc(N(c3ccccc3)c3ccccc3)cc21. The first kappa shape index (κ1) is 24.1. The predicted molar refractivity (Wildman–Crippen MR) is 152 cm³/mol. The molecule has 0 saturated heterocycles. The molecule has 0 atom stereocenters. The van der Waals surface area contributed by atoms with Crippen LogP contribution in [0.2, 0.25) is 0 Å². The van der Waals surface area contributed by atoms with Crippen molar-refractivity contribution >= 4 is 22.6 Å². The zero-order valence-corrected chi connectivity index (χ0v) is 21.5. The zero-order valence-electron chi connectivity index (χ0n) is 21.5. The summed E-state index contributed by atoms with van der Waals surface area (Å²) in [6, 6.07) is 38.3. The van der Waals surface area contributed by atoms with Crippen LogP contribution in [-0.2, 0) is 5.41 Å². The minimum Gasteiger partial charge on any atom is -0.310 e. The van der Waals surface area contributed by atoms with Crippen molar-refractivity contribution < 1.29 is 0 Å². The van der Waals surface area contributed by atoms with Gasteiger partial charge in [0.2, 0.25) is 0 Å². The van der Waals surface area contributed by atoms with Crippen molar-refractivity contribution in [3.63, 3.8) is 0 Å². The van der Waals surface area contributed by atoms with Gasteiger partial charge in [-0.2, -0.15) is 10.5 Å². The van der Waals surface area contributed by atoms with Gasteiger partial charge in [0.1, 0.15) is 17.7 Å². The van der Waals surface area contributed by atoms with E-state index < -0.39 is 0 Å². The van der Waals surface area contributed by atoms with Gasteiger partial charge in [0.25, 0.3) is 0 Å². The average molecular weight is 480 g/mol. The Hall–Kier alpha value is -4.60. The van der Waals surface area contributed by atoms with Gasteiger partial charge in [0.05, 0.1) is 0 Å². The van der Waals surface area contributed by atoms with Crippen LogP contribution in [0.25, 0.3) is 16.7 Å². The lowest BCUT2D eigenvalue weighted by Gasteiger charge is -2.32. The molecule has 0 spiro atoms. The van der Waals surface area contributed by atoms with Crippen LogP contribution < -0.4 is 4.90 Å². The third-order valence-corrected chi connectivity index (χ3v) is 7.87. The minimum absolute atomic E-state index is 0.143. The number of hydrogen-bond donors (Lipinski definition) is 0. The lowest BCUT2D eigenvalue weighted by atomic mass is 9.73. The largest absolute Gasteiger partial charge is 0.310 e. The lowest BCUT2D eigenvalue weighted by molar-refractivity contribution is 0.490. The van der Waals surface area contributed by atoms with Crippen molar-refractivity contribution in [1.82, 2.24) is 0 Å². The maximum Gasteiger partial charge on any atom is 0.133 e. The molecule has 5 rings (SSSR count). The summed E-state index contributed by atoms with van der Waals surface area (Å²) in [4.78, 5) is 2.31. The van der Waals surface area contributed by atoms with Gasteiger partial charge in [-0.25, -0.2) is 0 Å². The number of benzene rings is 4. The molecule has 0 bridgehead atoms. The Balaban J connectivity index is 1.70. The summed E-state index contributed by atoms with van der Waals surface area (Å²) < 4.78 is 0. The number of anilines is 3. The third kappa shape index (κ3) is 3.90. The first-order valence-corrected chi connectivity index (χ1v) is 12.8. The molecule has 0 radical (unpaired) electrons. The van der Waals surface area contributed by atoms with Crippen LogP contribution in [0.4, 0.5) is 17.1 Å². The van der Waals surface area contributed by atoms with Crippen molar-refractivity contribution in [3.05, 3.63) is 119 Å². The van der Waals surface area contributed by atoms with Crippen molar-refractivity contribution in [2.45, 2.75) is 39.0 Å². The van der Waals surface area contributed by atoms with E-state index in [0.29, 0.717) is 0 Å². The van der Waals surface area contributed by atoms with Gasteiger partial charge in [-0.3, -0.25) is 0 Å². The summed E-state index contributed by atoms with van der Waals surface area (Å²) in [5, 5.41) is 18.8. The second-order valence-electron chi connectivity index (χ2n) is 9.51. The Morgan fingerprint density at radius 2 is 1.19 bits per heavy atom. The van der Waals surface area contributed by atoms with Gasteiger partial charge < -0.3 is 4.90 Å². The number of nitriles is 2. The van der Waals surface area contributed by atoms with E-state index in [0.717, 1.165) is 41.0 Å². The Morgan fingerprint density at radius 1 is 0.676 bits per heavy atom. The first-order chi connectivity index (χ1) is 18.1. The maximum absolute atomic E-state index is 9.42. The van der Waals surface area contributed by atoms with Crippen LogP contribution in [0, 0.1) is 22.7 Å². The zero-order chi connectivity index (χ0) is 26.0. The van der Waals surface area contributed by atoms with Gasteiger partial charge in [0, 0.05) is 22.5 Å². The van der Waals surface area contributed by atoms with E-state index in [9.17, 15) is 10.5 Å². The standard InChI is InChI=1S/C34H29N3/c1-4-34(5-2)32-20-25(24(3)26(22-35)23-36)16-18-30(32)31-19-17-29(21-33(31)34)37(27-12-8-6-9-13-27)28-14-10-7-11-15-28/h6-21H,4-5H2,1-3H3. The molecule has 1 aliphatic carbocycles. The smallest absolute Gasteiger partial charge is 0.133 e. The average Bonchev–Trinajstić information content (AvgIpc) is 3.23. The highest BCUT2D eigenvalue weighted by molar-refractivity contribution is 5.87. The monoisotopic (exact) mass is 479 g/mol. The topological polar surface area (TPSA) is 50.8 Å². The molecule has 0 heterocycles. The Morgan fingerprint density at radius 3 is 1.70 bits per heavy atom. The quantitative estimate of drug-likeness (QED) is 0.259. The summed E-state index contributed by atoms with van der Waals surface area (Å²) >= 11 is 0. The second kappa shape index (κ2) is 9.81. The molecule has 4 aromatic carbocycles. The number of nitrogens with zero attached hydrogens (tertiary/aromatic N) is 3. The van der Waals surface area contributed by atoms with Gasteiger partial charge >= 0.3 is 0 Å². The molecule has 3 nitrogen and oxygen atoms in total. The molecule has 0 N–H and O–H groups in total. The number of hydrogen-bond acceptors (Lipinski definition) is 3. The Kier molecular flexibility index (Phi) is 6.39. The Labute approximate surface area is 219 Å². The van der Waals surface area contributed by atoms with Gasteiger partial charge in [-0.1, -0.05) is 68.4 Å². The third-order valence-electron chi connectivity index (χ3n) is 7.87. The second-order valence-corrected chi connectivity index (χ2v) is 9.51. The molecule has 37 heavy (non-hydrogen) atoms. The number of allylic oxidation sites excluding steroid dienone is 2. The molecular weight excluding hydrogens is 450 g/mol. The fraction of sp³-hybridized carbons (Fsp3) is 0.176. The fourth-order valence-corrected chi connectivity index (χ4v) is 5.81. The summed E-state index contributed by atoms with van der Waals surface area (Å²) in [7, 11) is 0. The Bertz CT molecular complexity index is 1510. The normalized spacial score (nSPS) is 12.6. The van der Waals surface area contributed by atoms with Crippen molar-refractivity contribution in [1.29, 1.82) is 10.5 Å². The minimum atomic E-state index is -0.143. The van der Waals surface area contributed by atoms with Crippen molar-refractivity contribution in [2.24, 2.45) is 0 Å². The molecule has 1 aliphatic rings. The molecule has 0 aromatic heterocycles. The van der Waals surface area contributed by atoms with Crippen LogP contribution in [0.15, 0.2) is 103 Å². The number of para-hydroxylation sites is 2. The molecule has 0 saturated carbocycles. The molecule has 0 fully saturated rings. The molecule has 0 aliphatic heterocycles. The van der Waals surface area contributed by atoms with E-state index in [1.165, 1.54) is 22.3 Å². The van der Waals surface area contributed by atoms with E-state index >= 15 is 0 Å². The molecule has 3 heteroatoms. The highest BCUT2D eigenvalue weighted by Gasteiger charge is 2.41. The highest BCUT2D eigenvalue weighted by atomic mass is 15.1. The molecule has 0 amide bonds. The van der Waals surface area contributed by atoms with Crippen LogP contribution in [0.1, 0.15) is 50.3 Å². The number of rotatable bonds is 6. The summed E-state index contributed by atoms with van der Waals surface area (Å²) in [6.07, 6.45) is 1.92. The first-order valence-electron chi connectivity index (χ1n) is 12.8. The van der Waals surface area contributed by atoms with Gasteiger partial charge in [0.15, 0.2) is 0 Å². The molecular formula is C34H29N3. The van der Waals surface area contributed by atoms with E-state index in [1.54, 1.807) is 0 Å². The van der Waals surface area contributed by atoms with Crippen LogP contribution in [-0.4, -0.2) is 0 Å². The molecule has 4 aromatic rings. The van der Waals surface area contributed by atoms with Crippen LogP contribution >= 0.6 is 0 Å². The summed E-state index contributed by atoms with van der Waals surface area (Å²) in [5.41, 5.74) is 10.2.